The molecule has 0 bridgehead atoms. The molecule has 0 rings (SSSR count). The van der Waals surface area contributed by atoms with Crippen LogP contribution >= 0.6 is 0 Å². The highest BCUT2D eigenvalue weighted by atomic mass is 16.6. The van der Waals surface area contributed by atoms with Gasteiger partial charge < -0.3 is 15.8 Å². The van der Waals surface area contributed by atoms with E-state index in [4.69, 9.17) is 10.5 Å². The number of ether oxygens (including phenoxy) is 1. The van der Waals surface area contributed by atoms with Gasteiger partial charge in [-0.25, -0.2) is 4.79 Å². The minimum atomic E-state index is -0.487. The van der Waals surface area contributed by atoms with E-state index in [1.54, 1.807) is 0 Å². The first-order valence-electron chi connectivity index (χ1n) is 6.49. The van der Waals surface area contributed by atoms with E-state index in [0.29, 0.717) is 6.54 Å². The zero-order valence-corrected chi connectivity index (χ0v) is 13.2. The van der Waals surface area contributed by atoms with Crippen LogP contribution in [0.3, 0.4) is 0 Å². The highest BCUT2D eigenvalue weighted by molar-refractivity contribution is 5.68. The first-order chi connectivity index (χ1) is 7.79. The molecule has 1 atom stereocenters. The molecule has 0 heterocycles. The number of hydrogen-bond acceptors (Lipinski definition) is 3. The van der Waals surface area contributed by atoms with Gasteiger partial charge in [0.15, 0.2) is 0 Å². The summed E-state index contributed by atoms with van der Waals surface area (Å²) < 4.78 is 5.31. The Morgan fingerprint density at radius 1 is 1.11 bits per heavy atom. The smallest absolute Gasteiger partial charge is 0.407 e. The molecular weight excluding hydrogens is 228 g/mol. The number of rotatable bonds is 3. The summed E-state index contributed by atoms with van der Waals surface area (Å²) in [6, 6.07) is -0.0511. The fourth-order valence-electron chi connectivity index (χ4n) is 2.13. The Kier molecular flexibility index (Phi) is 5.24. The monoisotopic (exact) mass is 258 g/mol. The molecular formula is C14H30N2O2. The van der Waals surface area contributed by atoms with Crippen LogP contribution in [0.15, 0.2) is 0 Å². The Balaban J connectivity index is 4.89. The Labute approximate surface area is 112 Å². The zero-order valence-electron chi connectivity index (χ0n) is 13.2. The maximum atomic E-state index is 11.9. The number of amides is 1. The van der Waals surface area contributed by atoms with Gasteiger partial charge in [0.25, 0.3) is 0 Å². The second-order valence-corrected chi connectivity index (χ2v) is 7.64. The van der Waals surface area contributed by atoms with Crippen molar-refractivity contribution in [2.24, 2.45) is 16.6 Å². The molecule has 0 spiro atoms. The molecule has 0 saturated heterocycles. The molecule has 108 valence electrons. The molecule has 0 saturated carbocycles. The van der Waals surface area contributed by atoms with E-state index < -0.39 is 5.60 Å². The van der Waals surface area contributed by atoms with Crippen LogP contribution in [-0.2, 0) is 4.74 Å². The molecule has 0 aliphatic heterocycles. The number of alkyl carbamates (subject to hydrolysis) is 1. The van der Waals surface area contributed by atoms with E-state index in [1.807, 2.05) is 20.8 Å². The lowest BCUT2D eigenvalue weighted by molar-refractivity contribution is 0.0362. The average Bonchev–Trinajstić information content (AvgIpc) is 2.09. The lowest BCUT2D eigenvalue weighted by atomic mass is 9.71. The van der Waals surface area contributed by atoms with Gasteiger partial charge in [0.1, 0.15) is 5.60 Å². The van der Waals surface area contributed by atoms with Crippen molar-refractivity contribution in [3.05, 3.63) is 0 Å². The van der Waals surface area contributed by atoms with Crippen LogP contribution in [0.25, 0.3) is 0 Å². The fourth-order valence-corrected chi connectivity index (χ4v) is 2.13. The second kappa shape index (κ2) is 5.47. The number of carbonyl (C=O) groups excluding carboxylic acids is 1. The van der Waals surface area contributed by atoms with Gasteiger partial charge >= 0.3 is 6.09 Å². The number of carbonyl (C=O) groups is 1. The Hall–Kier alpha value is -0.770. The zero-order chi connectivity index (χ0) is 14.8. The SMILES string of the molecule is CC(C)(C)OC(=O)NC(C(C)(C)C)C(C)(C)CN. The van der Waals surface area contributed by atoms with Gasteiger partial charge in [0.2, 0.25) is 0 Å². The molecule has 4 heteroatoms. The summed E-state index contributed by atoms with van der Waals surface area (Å²) in [5.41, 5.74) is 5.06. The van der Waals surface area contributed by atoms with Crippen LogP contribution in [0.2, 0.25) is 0 Å². The Morgan fingerprint density at radius 2 is 1.56 bits per heavy atom. The van der Waals surface area contributed by atoms with Crippen molar-refractivity contribution in [2.45, 2.75) is 67.0 Å². The lowest BCUT2D eigenvalue weighted by Crippen LogP contribution is -2.55. The molecule has 1 amide bonds. The van der Waals surface area contributed by atoms with Crippen molar-refractivity contribution in [3.63, 3.8) is 0 Å². The fraction of sp³-hybridized carbons (Fsp3) is 0.929. The van der Waals surface area contributed by atoms with Gasteiger partial charge in [0, 0.05) is 6.04 Å². The molecule has 0 aliphatic rings. The third-order valence-corrected chi connectivity index (χ3v) is 2.83. The largest absolute Gasteiger partial charge is 0.444 e. The van der Waals surface area contributed by atoms with Gasteiger partial charge in [0.05, 0.1) is 0 Å². The molecule has 18 heavy (non-hydrogen) atoms. The number of nitrogens with one attached hydrogen (secondary N) is 1. The van der Waals surface area contributed by atoms with Crippen LogP contribution in [0.1, 0.15) is 55.4 Å². The van der Waals surface area contributed by atoms with Crippen LogP contribution in [0.5, 0.6) is 0 Å². The number of nitrogens with two attached hydrogens (primary N) is 1. The van der Waals surface area contributed by atoms with E-state index in [-0.39, 0.29) is 23.0 Å². The van der Waals surface area contributed by atoms with Gasteiger partial charge in [-0.2, -0.15) is 0 Å². The van der Waals surface area contributed by atoms with E-state index in [2.05, 4.69) is 39.9 Å². The second-order valence-electron chi connectivity index (χ2n) is 7.64. The van der Waals surface area contributed by atoms with Gasteiger partial charge in [-0.3, -0.25) is 0 Å². The van der Waals surface area contributed by atoms with Gasteiger partial charge in [-0.15, -0.1) is 0 Å². The molecule has 3 N–H and O–H groups in total. The summed E-state index contributed by atoms with van der Waals surface area (Å²) in [6.07, 6.45) is -0.385. The summed E-state index contributed by atoms with van der Waals surface area (Å²) in [7, 11) is 0. The molecule has 0 aliphatic carbocycles. The molecule has 0 aromatic heterocycles. The van der Waals surface area contributed by atoms with Crippen molar-refractivity contribution < 1.29 is 9.53 Å². The first kappa shape index (κ1) is 17.2. The van der Waals surface area contributed by atoms with Crippen LogP contribution in [-0.4, -0.2) is 24.3 Å². The molecule has 4 nitrogen and oxygen atoms in total. The van der Waals surface area contributed by atoms with E-state index >= 15 is 0 Å². The van der Waals surface area contributed by atoms with Crippen LogP contribution in [0, 0.1) is 10.8 Å². The highest BCUT2D eigenvalue weighted by Gasteiger charge is 2.39. The maximum Gasteiger partial charge on any atom is 0.407 e. The Bertz CT molecular complexity index is 285. The molecule has 0 radical (unpaired) electrons. The lowest BCUT2D eigenvalue weighted by Gasteiger charge is -2.42. The summed E-state index contributed by atoms with van der Waals surface area (Å²) >= 11 is 0. The van der Waals surface area contributed by atoms with Crippen LogP contribution in [0.4, 0.5) is 4.79 Å². The molecule has 0 fully saturated rings. The standard InChI is InChI=1S/C14H30N2O2/c1-12(2,3)10(14(7,8)9-15)16-11(17)18-13(4,5)6/h10H,9,15H2,1-8H3,(H,16,17). The van der Waals surface area contributed by atoms with Crippen molar-refractivity contribution in [2.75, 3.05) is 6.54 Å². The van der Waals surface area contributed by atoms with Crippen molar-refractivity contribution in [1.29, 1.82) is 0 Å². The van der Waals surface area contributed by atoms with Crippen LogP contribution < -0.4 is 11.1 Å². The molecule has 0 aromatic carbocycles. The van der Waals surface area contributed by atoms with Gasteiger partial charge in [-0.1, -0.05) is 34.6 Å². The quantitative estimate of drug-likeness (QED) is 0.818. The van der Waals surface area contributed by atoms with E-state index in [1.165, 1.54) is 0 Å². The van der Waals surface area contributed by atoms with E-state index in [0.717, 1.165) is 0 Å². The minimum Gasteiger partial charge on any atom is -0.444 e. The highest BCUT2D eigenvalue weighted by Crippen LogP contribution is 2.33. The molecule has 1 unspecified atom stereocenters. The van der Waals surface area contributed by atoms with Gasteiger partial charge in [-0.05, 0) is 38.1 Å². The predicted molar refractivity (Wildman–Crippen MR) is 75.4 cm³/mol. The topological polar surface area (TPSA) is 64.3 Å². The minimum absolute atomic E-state index is 0.0511. The first-order valence-corrected chi connectivity index (χ1v) is 6.49. The summed E-state index contributed by atoms with van der Waals surface area (Å²) in [4.78, 5) is 11.9. The van der Waals surface area contributed by atoms with Crippen molar-refractivity contribution in [3.8, 4) is 0 Å². The van der Waals surface area contributed by atoms with Crippen molar-refractivity contribution in [1.82, 2.24) is 5.32 Å². The summed E-state index contributed by atoms with van der Waals surface area (Å²) in [6.45, 7) is 16.4. The maximum absolute atomic E-state index is 11.9. The predicted octanol–water partition coefficient (Wildman–Crippen LogP) is 2.91. The summed E-state index contributed by atoms with van der Waals surface area (Å²) in [5, 5.41) is 2.96. The third-order valence-electron chi connectivity index (χ3n) is 2.83. The molecule has 0 aromatic rings. The Morgan fingerprint density at radius 3 is 1.83 bits per heavy atom. The average molecular weight is 258 g/mol. The van der Waals surface area contributed by atoms with E-state index in [9.17, 15) is 4.79 Å². The third kappa shape index (κ3) is 5.71. The normalized spacial score (nSPS) is 15.2. The van der Waals surface area contributed by atoms with Crippen molar-refractivity contribution >= 4 is 6.09 Å². The summed E-state index contributed by atoms with van der Waals surface area (Å²) in [5.74, 6) is 0. The number of hydrogen-bond donors (Lipinski definition) is 2.